The molecule has 2 unspecified atom stereocenters. The molecule has 0 saturated carbocycles. The van der Waals surface area contributed by atoms with Gasteiger partial charge in [-0.1, -0.05) is 12.1 Å². The summed E-state index contributed by atoms with van der Waals surface area (Å²) in [5.41, 5.74) is 1.04. The second-order valence-electron chi connectivity index (χ2n) is 5.27. The first-order chi connectivity index (χ1) is 10.1. The molecule has 2 atom stereocenters. The summed E-state index contributed by atoms with van der Waals surface area (Å²) in [4.78, 5) is 0. The minimum atomic E-state index is -2.78. The Balaban J connectivity index is 1.71. The van der Waals surface area contributed by atoms with Crippen molar-refractivity contribution in [2.24, 2.45) is 0 Å². The van der Waals surface area contributed by atoms with Crippen LogP contribution in [0.3, 0.4) is 0 Å². The number of nitrogens with one attached hydrogen (secondary N) is 2. The fourth-order valence-electron chi connectivity index (χ4n) is 2.36. The molecule has 1 aliphatic rings. The van der Waals surface area contributed by atoms with Gasteiger partial charge in [-0.2, -0.15) is 8.78 Å². The monoisotopic (exact) mass is 300 g/mol. The topological polar surface area (TPSA) is 42.5 Å². The molecular formula is C15H22F2N2O2. The Morgan fingerprint density at radius 3 is 2.76 bits per heavy atom. The molecule has 1 saturated heterocycles. The SMILES string of the molecule is CC(CC1COCCN1)NCc1ccc(OC(F)F)cc1. The van der Waals surface area contributed by atoms with Gasteiger partial charge in [0.15, 0.2) is 0 Å². The minimum Gasteiger partial charge on any atom is -0.435 e. The first-order valence-electron chi connectivity index (χ1n) is 7.22. The fraction of sp³-hybridized carbons (Fsp3) is 0.600. The van der Waals surface area contributed by atoms with E-state index in [9.17, 15) is 8.78 Å². The molecule has 1 aliphatic heterocycles. The van der Waals surface area contributed by atoms with Gasteiger partial charge in [-0.15, -0.1) is 0 Å². The van der Waals surface area contributed by atoms with E-state index in [1.165, 1.54) is 0 Å². The lowest BCUT2D eigenvalue weighted by atomic mass is 10.1. The Morgan fingerprint density at radius 1 is 1.38 bits per heavy atom. The van der Waals surface area contributed by atoms with Crippen LogP contribution in [0.2, 0.25) is 0 Å². The predicted molar refractivity (Wildman–Crippen MR) is 76.6 cm³/mol. The van der Waals surface area contributed by atoms with E-state index in [0.717, 1.165) is 31.7 Å². The average molecular weight is 300 g/mol. The maximum absolute atomic E-state index is 12.0. The van der Waals surface area contributed by atoms with Crippen molar-refractivity contribution in [2.75, 3.05) is 19.8 Å². The van der Waals surface area contributed by atoms with Crippen LogP contribution in [0.1, 0.15) is 18.9 Å². The van der Waals surface area contributed by atoms with Crippen LogP contribution in [0.4, 0.5) is 8.78 Å². The van der Waals surface area contributed by atoms with Crippen molar-refractivity contribution >= 4 is 0 Å². The Kier molecular flexibility index (Phi) is 6.35. The highest BCUT2D eigenvalue weighted by molar-refractivity contribution is 5.27. The van der Waals surface area contributed by atoms with Crippen molar-refractivity contribution in [3.05, 3.63) is 29.8 Å². The predicted octanol–water partition coefficient (Wildman–Crippen LogP) is 2.14. The lowest BCUT2D eigenvalue weighted by molar-refractivity contribution is -0.0498. The molecule has 2 N–H and O–H groups in total. The van der Waals surface area contributed by atoms with Gasteiger partial charge in [-0.05, 0) is 31.0 Å². The molecule has 1 aromatic carbocycles. The molecular weight excluding hydrogens is 278 g/mol. The summed E-state index contributed by atoms with van der Waals surface area (Å²) in [6.07, 6.45) is 0.993. The summed E-state index contributed by atoms with van der Waals surface area (Å²) in [6.45, 7) is 2.49. The van der Waals surface area contributed by atoms with E-state index in [-0.39, 0.29) is 5.75 Å². The van der Waals surface area contributed by atoms with Gasteiger partial charge in [0.1, 0.15) is 5.75 Å². The van der Waals surface area contributed by atoms with Gasteiger partial charge in [-0.3, -0.25) is 0 Å². The third-order valence-electron chi connectivity index (χ3n) is 3.44. The highest BCUT2D eigenvalue weighted by Crippen LogP contribution is 2.15. The van der Waals surface area contributed by atoms with E-state index < -0.39 is 6.61 Å². The molecule has 0 amide bonds. The van der Waals surface area contributed by atoms with Gasteiger partial charge in [0, 0.05) is 25.2 Å². The lowest BCUT2D eigenvalue weighted by Crippen LogP contribution is -2.44. The van der Waals surface area contributed by atoms with Crippen LogP contribution >= 0.6 is 0 Å². The van der Waals surface area contributed by atoms with Crippen molar-refractivity contribution in [2.45, 2.75) is 38.6 Å². The van der Waals surface area contributed by atoms with Gasteiger partial charge < -0.3 is 20.1 Å². The van der Waals surface area contributed by atoms with Crippen LogP contribution in [-0.2, 0) is 11.3 Å². The van der Waals surface area contributed by atoms with E-state index in [0.29, 0.717) is 18.6 Å². The van der Waals surface area contributed by atoms with Crippen LogP contribution in [0.5, 0.6) is 5.75 Å². The third-order valence-corrected chi connectivity index (χ3v) is 3.44. The molecule has 1 aromatic rings. The minimum absolute atomic E-state index is 0.186. The second-order valence-corrected chi connectivity index (χ2v) is 5.27. The zero-order valence-electron chi connectivity index (χ0n) is 12.1. The number of benzene rings is 1. The Labute approximate surface area is 123 Å². The molecule has 4 nitrogen and oxygen atoms in total. The molecule has 1 heterocycles. The number of morpholine rings is 1. The summed E-state index contributed by atoms with van der Waals surface area (Å²) >= 11 is 0. The number of hydrogen-bond acceptors (Lipinski definition) is 4. The Hall–Kier alpha value is -1.24. The van der Waals surface area contributed by atoms with Crippen molar-refractivity contribution < 1.29 is 18.3 Å². The van der Waals surface area contributed by atoms with E-state index >= 15 is 0 Å². The average Bonchev–Trinajstić information content (AvgIpc) is 2.47. The maximum atomic E-state index is 12.0. The first-order valence-corrected chi connectivity index (χ1v) is 7.22. The van der Waals surface area contributed by atoms with Crippen molar-refractivity contribution in [1.29, 1.82) is 0 Å². The summed E-state index contributed by atoms with van der Waals surface area (Å²) in [7, 11) is 0. The number of alkyl halides is 2. The van der Waals surface area contributed by atoms with Crippen LogP contribution in [0.15, 0.2) is 24.3 Å². The maximum Gasteiger partial charge on any atom is 0.387 e. The van der Waals surface area contributed by atoms with Crippen LogP contribution in [0, 0.1) is 0 Å². The molecule has 0 radical (unpaired) electrons. The summed E-state index contributed by atoms with van der Waals surface area (Å²) in [6, 6.07) is 7.44. The molecule has 6 heteroatoms. The number of ether oxygens (including phenoxy) is 2. The summed E-state index contributed by atoms with van der Waals surface area (Å²) in [5.74, 6) is 0.186. The lowest BCUT2D eigenvalue weighted by Gasteiger charge is -2.26. The van der Waals surface area contributed by atoms with Gasteiger partial charge in [0.25, 0.3) is 0 Å². The zero-order valence-corrected chi connectivity index (χ0v) is 12.1. The van der Waals surface area contributed by atoms with Crippen molar-refractivity contribution in [3.8, 4) is 5.75 Å². The standard InChI is InChI=1S/C15H22F2N2O2/c1-11(8-13-10-20-7-6-18-13)19-9-12-2-4-14(5-3-12)21-15(16)17/h2-5,11,13,15,18-19H,6-10H2,1H3. The van der Waals surface area contributed by atoms with Gasteiger partial charge in [0.05, 0.1) is 13.2 Å². The Bertz CT molecular complexity index is 409. The second kappa shape index (κ2) is 8.26. The largest absolute Gasteiger partial charge is 0.435 e. The Morgan fingerprint density at radius 2 is 2.14 bits per heavy atom. The molecule has 118 valence electrons. The molecule has 0 aliphatic carbocycles. The zero-order chi connectivity index (χ0) is 15.1. The molecule has 2 rings (SSSR count). The van der Waals surface area contributed by atoms with E-state index in [4.69, 9.17) is 4.74 Å². The van der Waals surface area contributed by atoms with Crippen molar-refractivity contribution in [3.63, 3.8) is 0 Å². The van der Waals surface area contributed by atoms with Crippen LogP contribution in [0.25, 0.3) is 0 Å². The smallest absolute Gasteiger partial charge is 0.387 e. The van der Waals surface area contributed by atoms with E-state index in [1.807, 2.05) is 0 Å². The number of hydrogen-bond donors (Lipinski definition) is 2. The van der Waals surface area contributed by atoms with Crippen molar-refractivity contribution in [1.82, 2.24) is 10.6 Å². The quantitative estimate of drug-likeness (QED) is 0.810. The number of halogens is 2. The van der Waals surface area contributed by atoms with E-state index in [2.05, 4.69) is 22.3 Å². The van der Waals surface area contributed by atoms with E-state index in [1.54, 1.807) is 24.3 Å². The molecule has 21 heavy (non-hydrogen) atoms. The van der Waals surface area contributed by atoms with Gasteiger partial charge in [0.2, 0.25) is 0 Å². The highest BCUT2D eigenvalue weighted by atomic mass is 19.3. The third kappa shape index (κ3) is 5.95. The highest BCUT2D eigenvalue weighted by Gasteiger charge is 2.15. The molecule has 0 bridgehead atoms. The summed E-state index contributed by atoms with van der Waals surface area (Å²) in [5, 5.41) is 6.84. The normalized spacial score (nSPS) is 20.5. The van der Waals surface area contributed by atoms with Crippen LogP contribution < -0.4 is 15.4 Å². The molecule has 0 aromatic heterocycles. The first kappa shape index (κ1) is 16.1. The molecule has 0 spiro atoms. The summed E-state index contributed by atoms with van der Waals surface area (Å²) < 4.78 is 33.8. The fourth-order valence-corrected chi connectivity index (χ4v) is 2.36. The number of rotatable bonds is 7. The van der Waals surface area contributed by atoms with Gasteiger partial charge >= 0.3 is 6.61 Å². The molecule has 1 fully saturated rings. The van der Waals surface area contributed by atoms with Gasteiger partial charge in [-0.25, -0.2) is 0 Å². The van der Waals surface area contributed by atoms with Crippen LogP contribution in [-0.4, -0.2) is 38.5 Å².